The summed E-state index contributed by atoms with van der Waals surface area (Å²) in [6.45, 7) is 2.12. The third kappa shape index (κ3) is 9.98. The van der Waals surface area contributed by atoms with Gasteiger partial charge < -0.3 is 25.4 Å². The van der Waals surface area contributed by atoms with Crippen molar-refractivity contribution in [3.63, 3.8) is 0 Å². The Labute approximate surface area is 293 Å². The van der Waals surface area contributed by atoms with Crippen molar-refractivity contribution in [1.82, 2.24) is 4.90 Å². The van der Waals surface area contributed by atoms with Gasteiger partial charge in [-0.1, -0.05) is 72.3 Å². The molecule has 5 aromatic rings. The Morgan fingerprint density at radius 2 is 1.35 bits per heavy atom. The first kappa shape index (κ1) is 36.2. The zero-order valence-electron chi connectivity index (χ0n) is 28.0. The number of hydrogen-bond donors (Lipinski definition) is 3. The molecule has 262 valence electrons. The highest BCUT2D eigenvalue weighted by atomic mass is 19.4. The fourth-order valence-electron chi connectivity index (χ4n) is 5.43. The summed E-state index contributed by atoms with van der Waals surface area (Å²) in [4.78, 5) is 38.8. The lowest BCUT2D eigenvalue weighted by atomic mass is 10.0. The lowest BCUT2D eigenvalue weighted by Crippen LogP contribution is -2.35. The molecule has 5 aromatic carbocycles. The van der Waals surface area contributed by atoms with Gasteiger partial charge >= 0.3 is 12.1 Å². The van der Waals surface area contributed by atoms with Crippen LogP contribution in [0.1, 0.15) is 38.2 Å². The highest BCUT2D eigenvalue weighted by Crippen LogP contribution is 2.35. The van der Waals surface area contributed by atoms with Crippen LogP contribution >= 0.6 is 0 Å². The van der Waals surface area contributed by atoms with E-state index in [0.717, 1.165) is 34.0 Å². The molecule has 0 aromatic heterocycles. The molecule has 0 radical (unpaired) electrons. The van der Waals surface area contributed by atoms with E-state index in [0.29, 0.717) is 6.54 Å². The summed E-state index contributed by atoms with van der Waals surface area (Å²) in [5.74, 6) is -2.39. The highest BCUT2D eigenvalue weighted by molar-refractivity contribution is 5.97. The van der Waals surface area contributed by atoms with Crippen molar-refractivity contribution in [3.05, 3.63) is 149 Å². The molecule has 0 aliphatic heterocycles. The maximum atomic E-state index is 13.5. The number of anilines is 2. The van der Waals surface area contributed by atoms with Crippen LogP contribution in [0.2, 0.25) is 0 Å². The molecular formula is C40H36F3N3O5. The Kier molecular flexibility index (Phi) is 11.4. The molecular weight excluding hydrogens is 659 g/mol. The second kappa shape index (κ2) is 16.1. The van der Waals surface area contributed by atoms with Crippen LogP contribution in [-0.4, -0.2) is 41.4 Å². The van der Waals surface area contributed by atoms with E-state index in [4.69, 9.17) is 4.74 Å². The maximum Gasteiger partial charge on any atom is 0.416 e. The van der Waals surface area contributed by atoms with Gasteiger partial charge in [0.1, 0.15) is 12.3 Å². The molecule has 3 N–H and O–H groups in total. The molecule has 5 rings (SSSR count). The van der Waals surface area contributed by atoms with Crippen LogP contribution < -0.4 is 15.4 Å². The van der Waals surface area contributed by atoms with Crippen LogP contribution in [0.4, 0.5) is 24.5 Å². The van der Waals surface area contributed by atoms with E-state index < -0.39 is 42.5 Å². The van der Waals surface area contributed by atoms with Gasteiger partial charge in [0, 0.05) is 30.0 Å². The maximum absolute atomic E-state index is 13.5. The molecule has 0 heterocycles. The standard InChI is InChI=1S/C40H36F3N3O5/c1-26-3-9-29(10-4-26)30-11-16-33(17-12-30)44-23-27-5-7-28(8-6-27)24-46(25-38(48)49)39(50)31-13-18-34(19-14-31)45-37(47)21-32-15-20-35(51-2)22-36(32)40(41,42)43/h3-20,22,44H,21,23-25H2,1-2H3,(H,45,47)(H,48,49). The second-order valence-corrected chi connectivity index (χ2v) is 12.0. The van der Waals surface area contributed by atoms with Crippen LogP contribution in [0, 0.1) is 6.92 Å². The number of carbonyl (C=O) groups is 3. The van der Waals surface area contributed by atoms with E-state index in [2.05, 4.69) is 54.0 Å². The number of aliphatic carboxylic acids is 1. The lowest BCUT2D eigenvalue weighted by Gasteiger charge is -2.21. The Morgan fingerprint density at radius 1 is 0.765 bits per heavy atom. The molecule has 0 unspecified atom stereocenters. The van der Waals surface area contributed by atoms with E-state index in [1.807, 2.05) is 36.4 Å². The van der Waals surface area contributed by atoms with Crippen molar-refractivity contribution in [2.45, 2.75) is 32.6 Å². The molecule has 0 saturated heterocycles. The zero-order chi connectivity index (χ0) is 36.5. The third-order valence-electron chi connectivity index (χ3n) is 8.17. The van der Waals surface area contributed by atoms with Crippen molar-refractivity contribution in [2.24, 2.45) is 0 Å². The van der Waals surface area contributed by atoms with E-state index in [9.17, 15) is 32.7 Å². The van der Waals surface area contributed by atoms with Gasteiger partial charge in [-0.3, -0.25) is 14.4 Å². The first-order valence-electron chi connectivity index (χ1n) is 16.0. The number of methoxy groups -OCH3 is 1. The van der Waals surface area contributed by atoms with Gasteiger partial charge in [-0.05, 0) is 83.3 Å². The second-order valence-electron chi connectivity index (χ2n) is 12.0. The van der Waals surface area contributed by atoms with Crippen molar-refractivity contribution < 1.29 is 37.4 Å². The van der Waals surface area contributed by atoms with E-state index in [-0.39, 0.29) is 29.1 Å². The number of nitrogens with zero attached hydrogens (tertiary/aromatic N) is 1. The van der Waals surface area contributed by atoms with E-state index >= 15 is 0 Å². The molecule has 8 nitrogen and oxygen atoms in total. The van der Waals surface area contributed by atoms with E-state index in [1.54, 1.807) is 0 Å². The van der Waals surface area contributed by atoms with Gasteiger partial charge in [-0.25, -0.2) is 0 Å². The third-order valence-corrected chi connectivity index (χ3v) is 8.17. The first-order chi connectivity index (χ1) is 24.4. The van der Waals surface area contributed by atoms with Crippen molar-refractivity contribution in [3.8, 4) is 16.9 Å². The first-order valence-corrected chi connectivity index (χ1v) is 16.0. The number of nitrogens with one attached hydrogen (secondary N) is 2. The fourth-order valence-corrected chi connectivity index (χ4v) is 5.43. The molecule has 2 amide bonds. The monoisotopic (exact) mass is 695 g/mol. The van der Waals surface area contributed by atoms with Gasteiger partial charge in [0.2, 0.25) is 5.91 Å². The number of rotatable bonds is 13. The number of hydrogen-bond acceptors (Lipinski definition) is 5. The summed E-state index contributed by atoms with van der Waals surface area (Å²) in [7, 11) is 1.25. The number of carboxylic acids is 1. The van der Waals surface area contributed by atoms with Gasteiger partial charge in [0.15, 0.2) is 0 Å². The summed E-state index contributed by atoms with van der Waals surface area (Å²) in [6, 6.07) is 33.1. The minimum Gasteiger partial charge on any atom is -0.497 e. The molecule has 0 bridgehead atoms. The Morgan fingerprint density at radius 3 is 1.94 bits per heavy atom. The SMILES string of the molecule is COc1ccc(CC(=O)Nc2ccc(C(=O)N(CC(=O)O)Cc3ccc(CNc4ccc(-c5ccc(C)cc5)cc4)cc3)cc2)c(C(F)(F)F)c1. The Bertz CT molecular complexity index is 1980. The average molecular weight is 696 g/mol. The number of alkyl halides is 3. The quantitative estimate of drug-likeness (QED) is 0.115. The molecule has 0 spiro atoms. The Balaban J connectivity index is 1.17. The number of aryl methyl sites for hydroxylation is 1. The minimum absolute atomic E-state index is 0.0185. The summed E-state index contributed by atoms with van der Waals surface area (Å²) < 4.78 is 45.5. The van der Waals surface area contributed by atoms with Crippen molar-refractivity contribution in [2.75, 3.05) is 24.3 Å². The highest BCUT2D eigenvalue weighted by Gasteiger charge is 2.34. The number of halogens is 3. The van der Waals surface area contributed by atoms with E-state index in [1.165, 1.54) is 54.0 Å². The van der Waals surface area contributed by atoms with Crippen LogP contribution in [0.3, 0.4) is 0 Å². The van der Waals surface area contributed by atoms with Crippen LogP contribution in [0.5, 0.6) is 5.75 Å². The molecule has 51 heavy (non-hydrogen) atoms. The molecule has 11 heteroatoms. The summed E-state index contributed by atoms with van der Waals surface area (Å²) >= 11 is 0. The number of benzene rings is 5. The van der Waals surface area contributed by atoms with Crippen LogP contribution in [0.25, 0.3) is 11.1 Å². The van der Waals surface area contributed by atoms with Crippen LogP contribution in [0.15, 0.2) is 115 Å². The minimum atomic E-state index is -4.68. The number of carbonyl (C=O) groups excluding carboxylic acids is 2. The van der Waals surface area contributed by atoms with Gasteiger partial charge in [-0.2, -0.15) is 13.2 Å². The fraction of sp³-hybridized carbons (Fsp3) is 0.175. The van der Waals surface area contributed by atoms with Gasteiger partial charge in [0.05, 0.1) is 19.1 Å². The summed E-state index contributed by atoms with van der Waals surface area (Å²) in [6.07, 6.45) is -5.22. The topological polar surface area (TPSA) is 108 Å². The molecule has 0 fully saturated rings. The van der Waals surface area contributed by atoms with Crippen molar-refractivity contribution >= 4 is 29.2 Å². The number of amides is 2. The lowest BCUT2D eigenvalue weighted by molar-refractivity contribution is -0.139. The molecule has 0 saturated carbocycles. The van der Waals surface area contributed by atoms with Crippen molar-refractivity contribution in [1.29, 1.82) is 0 Å². The van der Waals surface area contributed by atoms with Gasteiger partial charge in [0.25, 0.3) is 5.91 Å². The predicted octanol–water partition coefficient (Wildman–Crippen LogP) is 8.21. The number of ether oxygens (including phenoxy) is 1. The smallest absolute Gasteiger partial charge is 0.416 e. The number of carboxylic acid groups (broad SMARTS) is 1. The average Bonchev–Trinajstić information content (AvgIpc) is 3.11. The summed E-state index contributed by atoms with van der Waals surface area (Å²) in [5, 5.41) is 15.4. The largest absolute Gasteiger partial charge is 0.497 e. The molecule has 0 atom stereocenters. The molecule has 0 aliphatic carbocycles. The van der Waals surface area contributed by atoms with Crippen LogP contribution in [-0.2, 0) is 35.3 Å². The van der Waals surface area contributed by atoms with Gasteiger partial charge in [-0.15, -0.1) is 0 Å². The molecule has 0 aliphatic rings. The normalized spacial score (nSPS) is 11.1. The summed E-state index contributed by atoms with van der Waals surface area (Å²) in [5.41, 5.74) is 5.43. The Hall–Kier alpha value is -6.10. The predicted molar refractivity (Wildman–Crippen MR) is 190 cm³/mol. The zero-order valence-corrected chi connectivity index (χ0v) is 28.0.